The first-order valence-corrected chi connectivity index (χ1v) is 12.4. The van der Waals surface area contributed by atoms with Crippen LogP contribution < -0.4 is 0 Å². The Balaban J connectivity index is 2.17. The van der Waals surface area contributed by atoms with Crippen molar-refractivity contribution in [3.8, 4) is 0 Å². The van der Waals surface area contributed by atoms with Gasteiger partial charge in [0.15, 0.2) is 6.10 Å². The van der Waals surface area contributed by atoms with Gasteiger partial charge in [-0.2, -0.15) is 5.06 Å². The average molecular weight is 437 g/mol. The minimum Gasteiger partial charge on any atom is -0.467 e. The van der Waals surface area contributed by atoms with Crippen LogP contribution in [0, 0.1) is 17.8 Å². The summed E-state index contributed by atoms with van der Waals surface area (Å²) in [4.78, 5) is 35.1. The zero-order chi connectivity index (χ0) is 23.0. The Labute approximate surface area is 189 Å². The fraction of sp³-hybridized carbons (Fsp3) is 0.920. The molecule has 1 heterocycles. The quantitative estimate of drug-likeness (QED) is 0.591. The highest BCUT2D eigenvalue weighted by molar-refractivity contribution is 5.88. The van der Waals surface area contributed by atoms with Crippen LogP contribution in [0.5, 0.6) is 0 Å². The number of ether oxygens (including phenoxy) is 1. The third kappa shape index (κ3) is 4.27. The number of carbonyl (C=O) groups is 2. The Kier molecular flexibility index (Phi) is 7.42. The molecule has 0 N–H and O–H groups in total. The van der Waals surface area contributed by atoms with Gasteiger partial charge in [-0.3, -0.25) is 9.63 Å². The van der Waals surface area contributed by atoms with Gasteiger partial charge < -0.3 is 9.64 Å². The Morgan fingerprint density at radius 3 is 2.26 bits per heavy atom. The van der Waals surface area contributed by atoms with Crippen LogP contribution in [0.4, 0.5) is 0 Å². The molecule has 0 bridgehead atoms. The number of piperazine rings is 1. The Morgan fingerprint density at radius 2 is 1.71 bits per heavy atom. The average Bonchev–Trinajstić information content (AvgIpc) is 2.73. The van der Waals surface area contributed by atoms with Gasteiger partial charge in [0.1, 0.15) is 5.54 Å². The molecule has 31 heavy (non-hydrogen) atoms. The van der Waals surface area contributed by atoms with Crippen LogP contribution in [0.3, 0.4) is 0 Å². The van der Waals surface area contributed by atoms with E-state index in [4.69, 9.17) is 9.57 Å². The fourth-order valence-corrected chi connectivity index (χ4v) is 6.71. The molecular weight excluding hydrogens is 392 g/mol. The SMILES string of the molecule is COC(=O)C(C)ON1C2(CCCCC2)C(=O)N(C(C)C)CC12CC(C)CCC2C(C)C. The Hall–Kier alpha value is -1.14. The second-order valence-corrected chi connectivity index (χ2v) is 11.0. The van der Waals surface area contributed by atoms with E-state index in [-0.39, 0.29) is 23.5 Å². The minimum absolute atomic E-state index is 0.147. The molecule has 0 aromatic carbocycles. The van der Waals surface area contributed by atoms with Gasteiger partial charge in [-0.1, -0.05) is 46.5 Å². The Bertz CT molecular complexity index is 658. The Morgan fingerprint density at radius 1 is 1.06 bits per heavy atom. The zero-order valence-electron chi connectivity index (χ0n) is 20.8. The highest BCUT2D eigenvalue weighted by Crippen LogP contribution is 2.53. The van der Waals surface area contributed by atoms with E-state index in [1.165, 1.54) is 13.5 Å². The van der Waals surface area contributed by atoms with Gasteiger partial charge in [0.05, 0.1) is 12.6 Å². The molecule has 0 aromatic heterocycles. The summed E-state index contributed by atoms with van der Waals surface area (Å²) >= 11 is 0. The standard InChI is InChI=1S/C25H44N2O4/c1-17(2)21-12-11-19(5)15-25(21)16-26(18(3)4)23(29)24(13-9-8-10-14-24)27(25)31-20(6)22(28)30-7/h17-21H,8-16H2,1-7H3. The molecule has 0 radical (unpaired) electrons. The topological polar surface area (TPSA) is 59.1 Å². The number of methoxy groups -OCH3 is 1. The highest BCUT2D eigenvalue weighted by atomic mass is 16.7. The minimum atomic E-state index is -0.732. The molecule has 3 fully saturated rings. The molecule has 2 saturated carbocycles. The van der Waals surface area contributed by atoms with Gasteiger partial charge in [-0.25, -0.2) is 4.79 Å². The lowest BCUT2D eigenvalue weighted by Gasteiger charge is -2.65. The van der Waals surface area contributed by atoms with Gasteiger partial charge in [-0.05, 0) is 64.2 Å². The lowest BCUT2D eigenvalue weighted by Crippen LogP contribution is -2.79. The molecule has 2 aliphatic carbocycles. The van der Waals surface area contributed by atoms with Gasteiger partial charge >= 0.3 is 5.97 Å². The van der Waals surface area contributed by atoms with Crippen LogP contribution in [0.15, 0.2) is 0 Å². The third-order valence-corrected chi connectivity index (χ3v) is 8.16. The molecule has 178 valence electrons. The van der Waals surface area contributed by atoms with Gasteiger partial charge in [0.25, 0.3) is 0 Å². The summed E-state index contributed by atoms with van der Waals surface area (Å²) < 4.78 is 5.00. The van der Waals surface area contributed by atoms with Crippen LogP contribution in [0.1, 0.15) is 92.9 Å². The van der Waals surface area contributed by atoms with Crippen molar-refractivity contribution in [3.63, 3.8) is 0 Å². The van der Waals surface area contributed by atoms with Crippen LogP contribution >= 0.6 is 0 Å². The normalized spacial score (nSPS) is 32.8. The maximum Gasteiger partial charge on any atom is 0.336 e. The molecule has 6 nitrogen and oxygen atoms in total. The van der Waals surface area contributed by atoms with Gasteiger partial charge in [0.2, 0.25) is 5.91 Å². The number of carbonyl (C=O) groups excluding carboxylic acids is 2. The number of hydroxylamine groups is 2. The molecule has 6 heteroatoms. The smallest absolute Gasteiger partial charge is 0.336 e. The summed E-state index contributed by atoms with van der Waals surface area (Å²) in [7, 11) is 1.40. The molecule has 0 aromatic rings. The fourth-order valence-electron chi connectivity index (χ4n) is 6.71. The maximum atomic E-state index is 14.0. The number of esters is 1. The first-order chi connectivity index (χ1) is 14.6. The van der Waals surface area contributed by atoms with Crippen LogP contribution in [-0.4, -0.2) is 58.7 Å². The van der Waals surface area contributed by atoms with E-state index in [0.717, 1.165) is 44.9 Å². The summed E-state index contributed by atoms with van der Waals surface area (Å²) in [6, 6.07) is 0.147. The summed E-state index contributed by atoms with van der Waals surface area (Å²) in [6.45, 7) is 13.6. The van der Waals surface area contributed by atoms with E-state index in [0.29, 0.717) is 24.3 Å². The van der Waals surface area contributed by atoms with Gasteiger partial charge in [-0.15, -0.1) is 0 Å². The summed E-state index contributed by atoms with van der Waals surface area (Å²) in [5.74, 6) is 1.23. The largest absolute Gasteiger partial charge is 0.467 e. The van der Waals surface area contributed by atoms with Crippen molar-refractivity contribution in [2.24, 2.45) is 17.8 Å². The predicted molar refractivity (Wildman–Crippen MR) is 121 cm³/mol. The first-order valence-electron chi connectivity index (χ1n) is 12.4. The number of amides is 1. The van der Waals surface area contributed by atoms with Crippen molar-refractivity contribution < 1.29 is 19.2 Å². The van der Waals surface area contributed by atoms with E-state index in [9.17, 15) is 9.59 Å². The highest BCUT2D eigenvalue weighted by Gasteiger charge is 2.64. The van der Waals surface area contributed by atoms with Gasteiger partial charge in [0, 0.05) is 12.6 Å². The van der Waals surface area contributed by atoms with Crippen molar-refractivity contribution in [3.05, 3.63) is 0 Å². The lowest BCUT2D eigenvalue weighted by molar-refractivity contribution is -0.335. The molecule has 1 amide bonds. The second kappa shape index (κ2) is 9.38. The molecular formula is C25H44N2O4. The van der Waals surface area contributed by atoms with Crippen molar-refractivity contribution in [2.45, 2.75) is 116 Å². The first kappa shape index (κ1) is 24.5. The molecule has 3 aliphatic rings. The van der Waals surface area contributed by atoms with E-state index < -0.39 is 11.6 Å². The summed E-state index contributed by atoms with van der Waals surface area (Å²) in [5.41, 5.74) is -0.975. The molecule has 4 unspecified atom stereocenters. The predicted octanol–water partition coefficient (Wildman–Crippen LogP) is 4.57. The number of rotatable bonds is 5. The molecule has 3 rings (SSSR count). The van der Waals surface area contributed by atoms with E-state index >= 15 is 0 Å². The van der Waals surface area contributed by atoms with E-state index in [2.05, 4.69) is 44.6 Å². The lowest BCUT2D eigenvalue weighted by atomic mass is 9.61. The summed E-state index contributed by atoms with van der Waals surface area (Å²) in [6.07, 6.45) is 7.35. The van der Waals surface area contributed by atoms with E-state index in [1.807, 2.05) is 0 Å². The zero-order valence-corrected chi connectivity index (χ0v) is 20.8. The molecule has 1 aliphatic heterocycles. The van der Waals surface area contributed by atoms with Crippen LogP contribution in [0.2, 0.25) is 0 Å². The second-order valence-electron chi connectivity index (χ2n) is 11.0. The number of nitrogens with zero attached hydrogens (tertiary/aromatic N) is 2. The monoisotopic (exact) mass is 436 g/mol. The van der Waals surface area contributed by atoms with Crippen molar-refractivity contribution in [1.82, 2.24) is 9.96 Å². The van der Waals surface area contributed by atoms with Crippen LogP contribution in [-0.2, 0) is 19.2 Å². The van der Waals surface area contributed by atoms with E-state index in [1.54, 1.807) is 6.92 Å². The number of hydrogen-bond acceptors (Lipinski definition) is 5. The molecule has 2 spiro atoms. The van der Waals surface area contributed by atoms with Crippen molar-refractivity contribution >= 4 is 11.9 Å². The number of hydrogen-bond donors (Lipinski definition) is 0. The maximum absolute atomic E-state index is 14.0. The summed E-state index contributed by atoms with van der Waals surface area (Å²) in [5, 5.41) is 2.10. The van der Waals surface area contributed by atoms with Crippen LogP contribution in [0.25, 0.3) is 0 Å². The third-order valence-electron chi connectivity index (χ3n) is 8.16. The van der Waals surface area contributed by atoms with Crippen molar-refractivity contribution in [2.75, 3.05) is 13.7 Å². The molecule has 1 saturated heterocycles. The molecule has 4 atom stereocenters. The van der Waals surface area contributed by atoms with Crippen molar-refractivity contribution in [1.29, 1.82) is 0 Å².